The van der Waals surface area contributed by atoms with Gasteiger partial charge in [-0.3, -0.25) is 0 Å². The van der Waals surface area contributed by atoms with Gasteiger partial charge in [0.15, 0.2) is 0 Å². The molecule has 1 aliphatic rings. The van der Waals surface area contributed by atoms with Crippen molar-refractivity contribution in [2.75, 3.05) is 25.6 Å². The molecule has 1 aromatic rings. The summed E-state index contributed by atoms with van der Waals surface area (Å²) in [5.74, 6) is 0. The number of methoxy groups -OCH3 is 1. The zero-order chi connectivity index (χ0) is 15.3. The molecule has 0 spiro atoms. The van der Waals surface area contributed by atoms with Crippen LogP contribution in [0.3, 0.4) is 0 Å². The third kappa shape index (κ3) is 4.18. The van der Waals surface area contributed by atoms with Crippen LogP contribution in [0.25, 0.3) is 0 Å². The average molecular weight is 312 g/mol. The summed E-state index contributed by atoms with van der Waals surface area (Å²) in [7, 11) is -1.92. The fourth-order valence-corrected chi connectivity index (χ4v) is 3.90. The Morgan fingerprint density at radius 3 is 2.95 bits per heavy atom. The predicted octanol–water partition coefficient (Wildman–Crippen LogP) is 2.14. The number of hydrogen-bond donors (Lipinski definition) is 2. The summed E-state index contributed by atoms with van der Waals surface area (Å²) in [5.41, 5.74) is 2.12. The summed E-state index contributed by atoms with van der Waals surface area (Å²) in [5, 5.41) is 3.26. The van der Waals surface area contributed by atoms with Crippen LogP contribution < -0.4 is 10.0 Å². The number of rotatable bonds is 7. The van der Waals surface area contributed by atoms with Crippen molar-refractivity contribution >= 4 is 15.7 Å². The van der Waals surface area contributed by atoms with Crippen LogP contribution >= 0.6 is 0 Å². The third-order valence-corrected chi connectivity index (χ3v) is 5.17. The van der Waals surface area contributed by atoms with Gasteiger partial charge in [-0.15, -0.1) is 0 Å². The van der Waals surface area contributed by atoms with Gasteiger partial charge < -0.3 is 10.1 Å². The van der Waals surface area contributed by atoms with E-state index < -0.39 is 10.0 Å². The number of nitrogens with one attached hydrogen (secondary N) is 2. The van der Waals surface area contributed by atoms with Gasteiger partial charge in [0.05, 0.1) is 11.5 Å². The normalized spacial score (nSPS) is 16.1. The number of hydrogen-bond acceptors (Lipinski definition) is 4. The highest BCUT2D eigenvalue weighted by atomic mass is 32.2. The van der Waals surface area contributed by atoms with E-state index in [1.54, 1.807) is 19.2 Å². The lowest BCUT2D eigenvalue weighted by atomic mass is 10.0. The molecular formula is C15H24N2O3S. The van der Waals surface area contributed by atoms with E-state index >= 15 is 0 Å². The molecule has 21 heavy (non-hydrogen) atoms. The summed E-state index contributed by atoms with van der Waals surface area (Å²) >= 11 is 0. The van der Waals surface area contributed by atoms with Crippen molar-refractivity contribution in [1.82, 2.24) is 4.72 Å². The second-order valence-electron chi connectivity index (χ2n) is 5.41. The first kappa shape index (κ1) is 16.3. The van der Waals surface area contributed by atoms with E-state index in [4.69, 9.17) is 4.74 Å². The lowest BCUT2D eigenvalue weighted by molar-refractivity contribution is 0.171. The highest BCUT2D eigenvalue weighted by Gasteiger charge is 2.21. The van der Waals surface area contributed by atoms with Gasteiger partial charge in [-0.05, 0) is 37.0 Å². The number of aryl methyl sites for hydroxylation is 1. The van der Waals surface area contributed by atoms with Crippen LogP contribution in [0.2, 0.25) is 0 Å². The molecule has 1 aliphatic heterocycles. The predicted molar refractivity (Wildman–Crippen MR) is 84.1 cm³/mol. The molecule has 0 saturated carbocycles. The molecule has 118 valence electrons. The largest absolute Gasteiger partial charge is 0.385 e. The Kier molecular flexibility index (Phi) is 5.61. The maximum absolute atomic E-state index is 12.5. The molecule has 0 bridgehead atoms. The summed E-state index contributed by atoms with van der Waals surface area (Å²) < 4.78 is 32.8. The molecule has 2 N–H and O–H groups in total. The summed E-state index contributed by atoms with van der Waals surface area (Å²) in [6, 6.07) is 5.13. The summed E-state index contributed by atoms with van der Waals surface area (Å²) in [6.45, 7) is 3.31. The summed E-state index contributed by atoms with van der Waals surface area (Å²) in [6.07, 6.45) is 3.75. The zero-order valence-corrected chi connectivity index (χ0v) is 13.5. The Labute approximate surface area is 127 Å². The maximum Gasteiger partial charge on any atom is 0.240 e. The minimum absolute atomic E-state index is 0.186. The fraction of sp³-hybridized carbons (Fsp3) is 0.600. The van der Waals surface area contributed by atoms with Crippen LogP contribution in [0.4, 0.5) is 5.69 Å². The topological polar surface area (TPSA) is 67.4 Å². The van der Waals surface area contributed by atoms with Gasteiger partial charge in [0, 0.05) is 25.4 Å². The number of ether oxygens (including phenoxy) is 1. The average Bonchev–Trinajstić information content (AvgIpc) is 2.47. The molecule has 0 aromatic heterocycles. The van der Waals surface area contributed by atoms with Gasteiger partial charge in [0.2, 0.25) is 10.0 Å². The molecule has 1 atom stereocenters. The fourth-order valence-electron chi connectivity index (χ4n) is 2.62. The molecule has 0 fully saturated rings. The second kappa shape index (κ2) is 7.24. The molecule has 0 aliphatic carbocycles. The van der Waals surface area contributed by atoms with Crippen LogP contribution in [0.5, 0.6) is 0 Å². The SMILES string of the molecule is CCCC(COC)NS(=O)(=O)c1ccc2c(c1)NCCC2. The van der Waals surface area contributed by atoms with Gasteiger partial charge in [-0.1, -0.05) is 19.4 Å². The van der Waals surface area contributed by atoms with Crippen molar-refractivity contribution in [2.45, 2.75) is 43.5 Å². The third-order valence-electron chi connectivity index (χ3n) is 3.66. The minimum Gasteiger partial charge on any atom is -0.385 e. The van der Waals surface area contributed by atoms with Gasteiger partial charge in [0.1, 0.15) is 0 Å². The molecule has 1 unspecified atom stereocenters. The van der Waals surface area contributed by atoms with Crippen LogP contribution in [0.15, 0.2) is 23.1 Å². The van der Waals surface area contributed by atoms with E-state index in [1.807, 2.05) is 13.0 Å². The van der Waals surface area contributed by atoms with Gasteiger partial charge in [-0.2, -0.15) is 0 Å². The van der Waals surface area contributed by atoms with Crippen molar-refractivity contribution in [3.05, 3.63) is 23.8 Å². The first-order chi connectivity index (χ1) is 10.1. The van der Waals surface area contributed by atoms with Crippen molar-refractivity contribution in [1.29, 1.82) is 0 Å². The van der Waals surface area contributed by atoms with Gasteiger partial charge in [-0.25, -0.2) is 13.1 Å². The smallest absolute Gasteiger partial charge is 0.240 e. The Balaban J connectivity index is 2.18. The standard InChI is InChI=1S/C15H24N2O3S/c1-3-5-13(11-20-2)17-21(18,19)14-8-7-12-6-4-9-16-15(12)10-14/h7-8,10,13,16-17H,3-6,9,11H2,1-2H3. The van der Waals surface area contributed by atoms with Crippen LogP contribution in [-0.2, 0) is 21.2 Å². The first-order valence-electron chi connectivity index (χ1n) is 7.45. The van der Waals surface area contributed by atoms with Crippen LogP contribution in [0, 0.1) is 0 Å². The van der Waals surface area contributed by atoms with Crippen molar-refractivity contribution < 1.29 is 13.2 Å². The van der Waals surface area contributed by atoms with Crippen LogP contribution in [0.1, 0.15) is 31.7 Å². The molecule has 5 nitrogen and oxygen atoms in total. The van der Waals surface area contributed by atoms with Crippen LogP contribution in [-0.4, -0.2) is 34.7 Å². The van der Waals surface area contributed by atoms with Gasteiger partial charge >= 0.3 is 0 Å². The molecule has 0 radical (unpaired) electrons. The van der Waals surface area contributed by atoms with Crippen molar-refractivity contribution in [3.63, 3.8) is 0 Å². The number of benzene rings is 1. The molecule has 2 rings (SSSR count). The molecule has 0 saturated heterocycles. The Hall–Kier alpha value is -1.11. The van der Waals surface area contributed by atoms with Crippen molar-refractivity contribution in [3.8, 4) is 0 Å². The van der Waals surface area contributed by atoms with E-state index in [1.165, 1.54) is 5.56 Å². The lowest BCUT2D eigenvalue weighted by Gasteiger charge is -2.20. The highest BCUT2D eigenvalue weighted by Crippen LogP contribution is 2.25. The minimum atomic E-state index is -3.51. The number of sulfonamides is 1. The molecule has 0 amide bonds. The Morgan fingerprint density at radius 2 is 2.24 bits per heavy atom. The van der Waals surface area contributed by atoms with Crippen molar-refractivity contribution in [2.24, 2.45) is 0 Å². The maximum atomic E-state index is 12.5. The van der Waals surface area contributed by atoms with E-state index in [0.29, 0.717) is 11.5 Å². The highest BCUT2D eigenvalue weighted by molar-refractivity contribution is 7.89. The molecular weight excluding hydrogens is 288 g/mol. The molecule has 1 heterocycles. The molecule has 1 aromatic carbocycles. The van der Waals surface area contributed by atoms with E-state index in [-0.39, 0.29) is 6.04 Å². The number of anilines is 1. The van der Waals surface area contributed by atoms with E-state index in [9.17, 15) is 8.42 Å². The Bertz CT molecular complexity index is 566. The number of fused-ring (bicyclic) bond motifs is 1. The van der Waals surface area contributed by atoms with Gasteiger partial charge in [0.25, 0.3) is 0 Å². The lowest BCUT2D eigenvalue weighted by Crippen LogP contribution is -2.37. The summed E-state index contributed by atoms with van der Waals surface area (Å²) in [4.78, 5) is 0.313. The molecule has 6 heteroatoms. The second-order valence-corrected chi connectivity index (χ2v) is 7.13. The van der Waals surface area contributed by atoms with E-state index in [2.05, 4.69) is 10.0 Å². The van der Waals surface area contributed by atoms with E-state index in [0.717, 1.165) is 37.9 Å². The monoisotopic (exact) mass is 312 g/mol. The first-order valence-corrected chi connectivity index (χ1v) is 8.93. The quantitative estimate of drug-likeness (QED) is 0.809. The Morgan fingerprint density at radius 1 is 1.43 bits per heavy atom. The zero-order valence-electron chi connectivity index (χ0n) is 12.7.